The quantitative estimate of drug-likeness (QED) is 0.690. The van der Waals surface area contributed by atoms with E-state index in [0.717, 1.165) is 13.1 Å². The van der Waals surface area contributed by atoms with Crippen molar-refractivity contribution in [3.05, 3.63) is 59.7 Å². The number of nitrogens with zero attached hydrogens (tertiary/aromatic N) is 2. The first-order valence-corrected chi connectivity index (χ1v) is 5.69. The summed E-state index contributed by atoms with van der Waals surface area (Å²) in [5, 5.41) is 8.98. The van der Waals surface area contributed by atoms with Gasteiger partial charge in [0.2, 0.25) is 0 Å². The zero-order valence-electron chi connectivity index (χ0n) is 9.43. The van der Waals surface area contributed by atoms with Crippen LogP contribution in [0.5, 0.6) is 0 Å². The first-order valence-electron chi connectivity index (χ1n) is 5.69. The molecule has 0 amide bonds. The molecule has 2 aromatic rings. The summed E-state index contributed by atoms with van der Waals surface area (Å²) in [4.78, 5) is 1.79. The molecule has 0 saturated carbocycles. The van der Waals surface area contributed by atoms with Crippen molar-refractivity contribution in [2.45, 2.75) is 13.1 Å². The summed E-state index contributed by atoms with van der Waals surface area (Å²) in [5.74, 6) is 0. The largest absolute Gasteiger partial charge is 0.302 e. The Morgan fingerprint density at radius 3 is 2.53 bits per heavy atom. The first kappa shape index (κ1) is 9.92. The molecule has 1 aliphatic heterocycles. The first-order chi connectivity index (χ1) is 8.38. The predicted octanol–water partition coefficient (Wildman–Crippen LogP) is 3.15. The summed E-state index contributed by atoms with van der Waals surface area (Å²) in [6, 6.07) is 16.7. The summed E-state index contributed by atoms with van der Waals surface area (Å²) < 4.78 is 0. The Morgan fingerprint density at radius 2 is 1.76 bits per heavy atom. The van der Waals surface area contributed by atoms with Crippen LogP contribution < -0.4 is 0 Å². The monoisotopic (exact) mass is 220 g/mol. The van der Waals surface area contributed by atoms with Gasteiger partial charge in [0, 0.05) is 0 Å². The normalized spacial score (nSPS) is 13.2. The van der Waals surface area contributed by atoms with E-state index in [4.69, 9.17) is 5.26 Å². The van der Waals surface area contributed by atoms with Gasteiger partial charge in [-0.2, -0.15) is 5.26 Å². The Morgan fingerprint density at radius 1 is 0.941 bits per heavy atom. The van der Waals surface area contributed by atoms with Gasteiger partial charge in [0.05, 0.1) is 13.1 Å². The molecule has 0 aliphatic carbocycles. The number of hydrogen-bond acceptors (Lipinski definition) is 2. The molecule has 82 valence electrons. The van der Waals surface area contributed by atoms with Gasteiger partial charge >= 0.3 is 0 Å². The van der Waals surface area contributed by atoms with Crippen LogP contribution in [0.1, 0.15) is 11.1 Å². The molecule has 3 rings (SSSR count). The number of rotatable bonds is 1. The average Bonchev–Trinajstić information content (AvgIpc) is 2.82. The van der Waals surface area contributed by atoms with Gasteiger partial charge in [-0.25, -0.2) is 0 Å². The van der Waals surface area contributed by atoms with Gasteiger partial charge in [-0.3, -0.25) is 0 Å². The molecule has 2 aromatic carbocycles. The third-order valence-corrected chi connectivity index (χ3v) is 3.21. The smallest absolute Gasteiger partial charge is 0.179 e. The lowest BCUT2D eigenvalue weighted by Crippen LogP contribution is -2.07. The highest BCUT2D eigenvalue weighted by Crippen LogP contribution is 2.31. The van der Waals surface area contributed by atoms with Gasteiger partial charge in [0.1, 0.15) is 0 Å². The zero-order chi connectivity index (χ0) is 11.7. The maximum atomic E-state index is 8.98. The second-order valence-corrected chi connectivity index (χ2v) is 4.27. The minimum Gasteiger partial charge on any atom is -0.302 e. The van der Waals surface area contributed by atoms with Crippen LogP contribution in [0.15, 0.2) is 48.5 Å². The van der Waals surface area contributed by atoms with Crippen LogP contribution in [0.2, 0.25) is 0 Å². The molecule has 0 unspecified atom stereocenters. The minimum atomic E-state index is 0.733. The second-order valence-electron chi connectivity index (χ2n) is 4.27. The van der Waals surface area contributed by atoms with Crippen LogP contribution in [0.3, 0.4) is 0 Å². The van der Waals surface area contributed by atoms with E-state index >= 15 is 0 Å². The Kier molecular flexibility index (Phi) is 2.31. The van der Waals surface area contributed by atoms with Crippen molar-refractivity contribution in [1.29, 1.82) is 5.26 Å². The standard InChI is InChI=1S/C15H12N2/c16-11-17-9-13-7-4-8-14(15(13)10-17)12-5-2-1-3-6-12/h1-8H,9-10H2. The van der Waals surface area contributed by atoms with Crippen LogP contribution in [0, 0.1) is 11.5 Å². The summed E-state index contributed by atoms with van der Waals surface area (Å²) in [6.45, 7) is 1.48. The highest BCUT2D eigenvalue weighted by molar-refractivity contribution is 5.69. The summed E-state index contributed by atoms with van der Waals surface area (Å²) in [6.07, 6.45) is 2.22. The van der Waals surface area contributed by atoms with Gasteiger partial charge < -0.3 is 4.90 Å². The maximum absolute atomic E-state index is 8.98. The fourth-order valence-electron chi connectivity index (χ4n) is 2.38. The molecule has 0 bridgehead atoms. The van der Waals surface area contributed by atoms with E-state index in [1.165, 1.54) is 22.3 Å². The van der Waals surface area contributed by atoms with Crippen LogP contribution in [0.25, 0.3) is 11.1 Å². The summed E-state index contributed by atoms with van der Waals surface area (Å²) in [5.41, 5.74) is 5.04. The van der Waals surface area contributed by atoms with Crippen LogP contribution in [-0.4, -0.2) is 4.90 Å². The Labute approximate surface area is 101 Å². The third kappa shape index (κ3) is 1.66. The lowest BCUT2D eigenvalue weighted by Gasteiger charge is -2.07. The van der Waals surface area contributed by atoms with Gasteiger partial charge in [0.25, 0.3) is 0 Å². The van der Waals surface area contributed by atoms with Crippen molar-refractivity contribution in [2.24, 2.45) is 0 Å². The molecule has 0 radical (unpaired) electrons. The minimum absolute atomic E-state index is 0.733. The van der Waals surface area contributed by atoms with E-state index in [2.05, 4.69) is 36.5 Å². The lowest BCUT2D eigenvalue weighted by molar-refractivity contribution is 0.417. The number of nitriles is 1. The van der Waals surface area contributed by atoms with E-state index < -0.39 is 0 Å². The Hall–Kier alpha value is -2.27. The highest BCUT2D eigenvalue weighted by atomic mass is 15.1. The molecule has 0 saturated heterocycles. The van der Waals surface area contributed by atoms with Gasteiger partial charge in [-0.15, -0.1) is 0 Å². The average molecular weight is 220 g/mol. The van der Waals surface area contributed by atoms with E-state index in [1.54, 1.807) is 4.90 Å². The molecule has 1 aliphatic rings. The number of benzene rings is 2. The van der Waals surface area contributed by atoms with E-state index in [0.29, 0.717) is 0 Å². The molecule has 2 nitrogen and oxygen atoms in total. The Balaban J connectivity index is 2.10. The fourth-order valence-corrected chi connectivity index (χ4v) is 2.38. The maximum Gasteiger partial charge on any atom is 0.179 e. The molecule has 2 heteroatoms. The van der Waals surface area contributed by atoms with Crippen molar-refractivity contribution in [2.75, 3.05) is 0 Å². The van der Waals surface area contributed by atoms with Crippen molar-refractivity contribution in [3.63, 3.8) is 0 Å². The van der Waals surface area contributed by atoms with Crippen molar-refractivity contribution < 1.29 is 0 Å². The Bertz CT molecular complexity index is 582. The molecule has 0 aromatic heterocycles. The third-order valence-electron chi connectivity index (χ3n) is 3.21. The SMILES string of the molecule is N#CN1Cc2cccc(-c3ccccc3)c2C1. The molecule has 0 N–H and O–H groups in total. The van der Waals surface area contributed by atoms with Crippen LogP contribution in [-0.2, 0) is 13.1 Å². The lowest BCUT2D eigenvalue weighted by atomic mass is 9.97. The highest BCUT2D eigenvalue weighted by Gasteiger charge is 2.20. The number of hydrogen-bond donors (Lipinski definition) is 0. The van der Waals surface area contributed by atoms with Crippen molar-refractivity contribution in [1.82, 2.24) is 4.90 Å². The van der Waals surface area contributed by atoms with Crippen LogP contribution in [0.4, 0.5) is 0 Å². The molecule has 0 fully saturated rings. The second kappa shape index (κ2) is 3.95. The molecule has 1 heterocycles. The summed E-state index contributed by atoms with van der Waals surface area (Å²) in [7, 11) is 0. The van der Waals surface area contributed by atoms with Crippen molar-refractivity contribution in [3.8, 4) is 17.3 Å². The topological polar surface area (TPSA) is 27.0 Å². The molecular formula is C15H12N2. The van der Waals surface area contributed by atoms with E-state index in [1.807, 2.05) is 18.2 Å². The van der Waals surface area contributed by atoms with Gasteiger partial charge in [0.15, 0.2) is 6.19 Å². The van der Waals surface area contributed by atoms with Crippen LogP contribution >= 0.6 is 0 Å². The van der Waals surface area contributed by atoms with Gasteiger partial charge in [-0.1, -0.05) is 48.5 Å². The zero-order valence-corrected chi connectivity index (χ0v) is 9.43. The van der Waals surface area contributed by atoms with E-state index in [-0.39, 0.29) is 0 Å². The molecule has 17 heavy (non-hydrogen) atoms. The molecule has 0 spiro atoms. The van der Waals surface area contributed by atoms with E-state index in [9.17, 15) is 0 Å². The summed E-state index contributed by atoms with van der Waals surface area (Å²) >= 11 is 0. The van der Waals surface area contributed by atoms with Crippen molar-refractivity contribution >= 4 is 0 Å². The number of fused-ring (bicyclic) bond motifs is 1. The molecule has 0 atom stereocenters. The molecular weight excluding hydrogens is 208 g/mol. The van der Waals surface area contributed by atoms with Gasteiger partial charge in [-0.05, 0) is 22.3 Å². The predicted molar refractivity (Wildman–Crippen MR) is 66.7 cm³/mol. The fraction of sp³-hybridized carbons (Fsp3) is 0.133.